The zero-order valence-electron chi connectivity index (χ0n) is 28.2. The van der Waals surface area contributed by atoms with Crippen LogP contribution in [0.15, 0.2) is 36.4 Å². The average Bonchev–Trinajstić information content (AvgIpc) is 3.76. The Kier molecular flexibility index (Phi) is 8.18. The Balaban J connectivity index is 1.40. The van der Waals surface area contributed by atoms with Crippen LogP contribution in [0, 0.1) is 10.8 Å². The lowest BCUT2D eigenvalue weighted by Crippen LogP contribution is -2.45. The smallest absolute Gasteiger partial charge is 0.264 e. The normalized spacial score (nSPS) is 24.8. The van der Waals surface area contributed by atoms with Gasteiger partial charge in [-0.2, -0.15) is 0 Å². The second-order valence-corrected chi connectivity index (χ2v) is 17.3. The molecule has 10 heteroatoms. The van der Waals surface area contributed by atoms with Crippen molar-refractivity contribution in [1.29, 1.82) is 0 Å². The van der Waals surface area contributed by atoms with Crippen LogP contribution in [0.1, 0.15) is 93.1 Å². The molecule has 1 aliphatic carbocycles. The minimum absolute atomic E-state index is 0.163. The van der Waals surface area contributed by atoms with E-state index in [2.05, 4.69) is 38.6 Å². The zero-order chi connectivity index (χ0) is 33.1. The first kappa shape index (κ1) is 32.2. The highest BCUT2D eigenvalue weighted by Gasteiger charge is 2.48. The maximum atomic E-state index is 14.8. The molecule has 3 aromatic rings. The van der Waals surface area contributed by atoms with Gasteiger partial charge < -0.3 is 19.5 Å². The molecule has 9 nitrogen and oxygen atoms in total. The van der Waals surface area contributed by atoms with E-state index in [4.69, 9.17) is 4.74 Å². The number of hydrogen-bond acceptors (Lipinski definition) is 6. The van der Waals surface area contributed by atoms with Crippen LogP contribution in [0.5, 0.6) is 5.75 Å². The highest BCUT2D eigenvalue weighted by molar-refractivity contribution is 7.90. The van der Waals surface area contributed by atoms with Crippen molar-refractivity contribution in [3.05, 3.63) is 53.1 Å². The third kappa shape index (κ3) is 5.65. The van der Waals surface area contributed by atoms with Crippen molar-refractivity contribution < 1.29 is 22.7 Å². The highest BCUT2D eigenvalue weighted by Crippen LogP contribution is 2.49. The Morgan fingerprint density at radius 1 is 1.04 bits per heavy atom. The van der Waals surface area contributed by atoms with Crippen molar-refractivity contribution in [2.24, 2.45) is 10.8 Å². The third-order valence-corrected chi connectivity index (χ3v) is 13.2. The van der Waals surface area contributed by atoms with E-state index < -0.39 is 26.6 Å². The number of hydrogen-bond donors (Lipinski definition) is 2. The van der Waals surface area contributed by atoms with Crippen LogP contribution in [0.4, 0.5) is 0 Å². The fourth-order valence-corrected chi connectivity index (χ4v) is 9.37. The number of rotatable bonds is 6. The molecule has 47 heavy (non-hydrogen) atoms. The summed E-state index contributed by atoms with van der Waals surface area (Å²) >= 11 is 0. The number of amides is 2. The van der Waals surface area contributed by atoms with Crippen molar-refractivity contribution >= 4 is 32.7 Å². The number of ether oxygens (including phenoxy) is 1. The Labute approximate surface area is 278 Å². The van der Waals surface area contributed by atoms with Gasteiger partial charge in [-0.15, -0.1) is 0 Å². The molecule has 2 saturated heterocycles. The predicted octanol–water partition coefficient (Wildman–Crippen LogP) is 5.61. The minimum Gasteiger partial charge on any atom is -0.497 e. The van der Waals surface area contributed by atoms with Gasteiger partial charge in [-0.1, -0.05) is 25.3 Å². The zero-order valence-corrected chi connectivity index (χ0v) is 29.0. The number of nitrogens with zero attached hydrogens (tertiary/aromatic N) is 2. The monoisotopic (exact) mass is 660 g/mol. The first-order valence-corrected chi connectivity index (χ1v) is 18.9. The molecule has 1 spiro atoms. The van der Waals surface area contributed by atoms with Gasteiger partial charge in [0.2, 0.25) is 15.9 Å². The molecule has 0 radical (unpaired) electrons. The molecule has 4 heterocycles. The van der Waals surface area contributed by atoms with Gasteiger partial charge in [0.25, 0.3) is 5.91 Å². The molecule has 4 aliphatic rings. The summed E-state index contributed by atoms with van der Waals surface area (Å²) in [5.41, 5.74) is 5.17. The molecule has 2 atom stereocenters. The van der Waals surface area contributed by atoms with Crippen LogP contribution in [0.3, 0.4) is 0 Å². The van der Waals surface area contributed by atoms with Crippen LogP contribution in [0.2, 0.25) is 0 Å². The topological polar surface area (TPSA) is 110 Å². The molecule has 1 aromatic heterocycles. The third-order valence-electron chi connectivity index (χ3n) is 11.5. The average molecular weight is 661 g/mol. The molecule has 3 aliphatic heterocycles. The maximum absolute atomic E-state index is 14.8. The Morgan fingerprint density at radius 3 is 2.53 bits per heavy atom. The van der Waals surface area contributed by atoms with Crippen molar-refractivity contribution in [2.45, 2.75) is 89.9 Å². The largest absolute Gasteiger partial charge is 0.497 e. The van der Waals surface area contributed by atoms with Gasteiger partial charge in [0, 0.05) is 53.6 Å². The van der Waals surface area contributed by atoms with E-state index in [1.807, 2.05) is 18.2 Å². The molecule has 2 amide bonds. The lowest BCUT2D eigenvalue weighted by Gasteiger charge is -2.33. The van der Waals surface area contributed by atoms with Gasteiger partial charge in [0.1, 0.15) is 5.75 Å². The minimum atomic E-state index is -3.80. The number of sulfonamides is 1. The Hall–Kier alpha value is -3.37. The number of carbonyl (C=O) groups is 2. The fourth-order valence-electron chi connectivity index (χ4n) is 8.76. The molecule has 2 N–H and O–H groups in total. The van der Waals surface area contributed by atoms with E-state index >= 15 is 0 Å². The highest BCUT2D eigenvalue weighted by atomic mass is 32.2. The number of nitrogens with one attached hydrogen (secondary N) is 2. The van der Waals surface area contributed by atoms with Crippen molar-refractivity contribution in [3.8, 4) is 17.0 Å². The van der Waals surface area contributed by atoms with Gasteiger partial charge in [-0.05, 0) is 107 Å². The van der Waals surface area contributed by atoms with E-state index in [9.17, 15) is 18.0 Å². The van der Waals surface area contributed by atoms with Crippen LogP contribution >= 0.6 is 0 Å². The number of aromatic nitrogens is 1. The second kappa shape index (κ2) is 11.9. The number of carbonyl (C=O) groups excluding carboxylic acids is 2. The first-order valence-electron chi connectivity index (χ1n) is 17.3. The number of methoxy groups -OCH3 is 1. The van der Waals surface area contributed by atoms with E-state index in [0.29, 0.717) is 24.4 Å². The molecule has 1 saturated carbocycles. The van der Waals surface area contributed by atoms with E-state index in [-0.39, 0.29) is 11.3 Å². The Bertz CT molecular complexity index is 1830. The summed E-state index contributed by atoms with van der Waals surface area (Å²) in [6.07, 6.45) is 8.43. The SMILES string of the molecule is COc1ccc2c(c1)CC(C)(C(=O)N1CCC3(CCNC3)C1)Cn1c-2c(C2CCCCC2)c2ccc(C(=O)NS(=O)(=O)C(C)C)cc21. The Morgan fingerprint density at radius 2 is 1.83 bits per heavy atom. The predicted molar refractivity (Wildman–Crippen MR) is 184 cm³/mol. The van der Waals surface area contributed by atoms with Crippen molar-refractivity contribution in [2.75, 3.05) is 33.3 Å². The van der Waals surface area contributed by atoms with E-state index in [0.717, 1.165) is 85.3 Å². The van der Waals surface area contributed by atoms with Gasteiger partial charge >= 0.3 is 0 Å². The molecule has 7 rings (SSSR count). The maximum Gasteiger partial charge on any atom is 0.264 e. The van der Waals surface area contributed by atoms with Crippen LogP contribution < -0.4 is 14.8 Å². The quantitative estimate of drug-likeness (QED) is 0.356. The van der Waals surface area contributed by atoms with E-state index in [1.165, 1.54) is 24.8 Å². The number of likely N-dealkylation sites (tertiary alicyclic amines) is 1. The van der Waals surface area contributed by atoms with Crippen molar-refractivity contribution in [3.63, 3.8) is 0 Å². The van der Waals surface area contributed by atoms with Crippen LogP contribution in [-0.4, -0.2) is 68.2 Å². The molecule has 0 bridgehead atoms. The van der Waals surface area contributed by atoms with Gasteiger partial charge in [0.05, 0.1) is 23.5 Å². The van der Waals surface area contributed by atoms with Crippen LogP contribution in [-0.2, 0) is 27.8 Å². The lowest BCUT2D eigenvalue weighted by atomic mass is 9.79. The van der Waals surface area contributed by atoms with Crippen LogP contribution in [0.25, 0.3) is 22.2 Å². The fraction of sp³-hybridized carbons (Fsp3) is 0.568. The molecular weight excluding hydrogens is 612 g/mol. The summed E-state index contributed by atoms with van der Waals surface area (Å²) in [7, 11) is -2.12. The number of fused-ring (bicyclic) bond motifs is 5. The van der Waals surface area contributed by atoms with Gasteiger partial charge in [0.15, 0.2) is 0 Å². The van der Waals surface area contributed by atoms with Gasteiger partial charge in [-0.25, -0.2) is 13.1 Å². The molecule has 2 aromatic carbocycles. The van der Waals surface area contributed by atoms with Gasteiger partial charge in [-0.3, -0.25) is 9.59 Å². The summed E-state index contributed by atoms with van der Waals surface area (Å²) in [6, 6.07) is 11.8. The number of benzene rings is 2. The lowest BCUT2D eigenvalue weighted by molar-refractivity contribution is -0.141. The first-order chi connectivity index (χ1) is 22.4. The summed E-state index contributed by atoms with van der Waals surface area (Å²) in [6.45, 7) is 9.17. The summed E-state index contributed by atoms with van der Waals surface area (Å²) in [5.74, 6) is 0.651. The summed E-state index contributed by atoms with van der Waals surface area (Å²) in [5, 5.41) is 3.86. The molecule has 252 valence electrons. The second-order valence-electron chi connectivity index (χ2n) is 15.1. The summed E-state index contributed by atoms with van der Waals surface area (Å²) in [4.78, 5) is 30.2. The molecule has 3 fully saturated rings. The standard InChI is InChI=1S/C37H48N4O5S/c1-24(2)47(44,45)39-34(42)26-10-12-30-31(19-26)41-22-36(3,35(43)40-17-15-37(23-40)14-16-38-21-37)20-27-18-28(46-4)11-13-29(27)33(41)32(30)25-8-6-5-7-9-25/h10-13,18-19,24-25,38H,5-9,14-17,20-23H2,1-4H3,(H,39,42). The summed E-state index contributed by atoms with van der Waals surface area (Å²) < 4.78 is 35.5. The molecule has 2 unspecified atom stereocenters. The van der Waals surface area contributed by atoms with Crippen molar-refractivity contribution in [1.82, 2.24) is 19.5 Å². The molecular formula is C37H48N4O5S. The van der Waals surface area contributed by atoms with E-state index in [1.54, 1.807) is 27.0 Å².